The topological polar surface area (TPSA) is 88.7 Å². The maximum atomic E-state index is 12.4. The van der Waals surface area contributed by atoms with Gasteiger partial charge in [-0.25, -0.2) is 0 Å². The number of hydrogen-bond acceptors (Lipinski definition) is 5. The molecule has 1 aromatic carbocycles. The third-order valence-corrected chi connectivity index (χ3v) is 4.90. The zero-order valence-electron chi connectivity index (χ0n) is 14.6. The van der Waals surface area contributed by atoms with E-state index in [0.717, 1.165) is 25.7 Å². The molecule has 1 saturated heterocycles. The molecule has 0 spiro atoms. The van der Waals surface area contributed by atoms with Crippen LogP contribution in [-0.2, 0) is 9.59 Å². The van der Waals surface area contributed by atoms with Crippen LogP contribution >= 0.6 is 0 Å². The second-order valence-electron chi connectivity index (χ2n) is 6.54. The lowest BCUT2D eigenvalue weighted by molar-refractivity contribution is -0.129. The first-order chi connectivity index (χ1) is 12.1. The molecule has 3 rings (SSSR count). The number of ether oxygens (including phenoxy) is 2. The Balaban J connectivity index is 1.61. The minimum absolute atomic E-state index is 0.0875. The first-order valence-electron chi connectivity index (χ1n) is 8.69. The zero-order chi connectivity index (χ0) is 17.8. The van der Waals surface area contributed by atoms with E-state index in [2.05, 4.69) is 16.0 Å². The summed E-state index contributed by atoms with van der Waals surface area (Å²) in [6.45, 7) is 0. The molecule has 1 aromatic rings. The summed E-state index contributed by atoms with van der Waals surface area (Å²) in [5, 5.41) is 9.21. The minimum Gasteiger partial charge on any atom is -0.497 e. The molecule has 2 aliphatic rings. The Bertz CT molecular complexity index is 649. The van der Waals surface area contributed by atoms with E-state index in [1.807, 2.05) is 0 Å². The van der Waals surface area contributed by atoms with Crippen molar-refractivity contribution < 1.29 is 19.1 Å². The van der Waals surface area contributed by atoms with Gasteiger partial charge in [0.15, 0.2) is 0 Å². The van der Waals surface area contributed by atoms with Gasteiger partial charge in [-0.05, 0) is 25.0 Å². The lowest BCUT2D eigenvalue weighted by Gasteiger charge is -2.40. The average Bonchev–Trinajstić information content (AvgIpc) is 2.62. The molecule has 0 bridgehead atoms. The molecule has 1 aliphatic heterocycles. The zero-order valence-corrected chi connectivity index (χ0v) is 14.6. The fourth-order valence-electron chi connectivity index (χ4n) is 3.56. The fourth-order valence-corrected chi connectivity index (χ4v) is 3.56. The van der Waals surface area contributed by atoms with Crippen LogP contribution in [-0.4, -0.2) is 44.2 Å². The second-order valence-corrected chi connectivity index (χ2v) is 6.54. The summed E-state index contributed by atoms with van der Waals surface area (Å²) in [6, 6.07) is 5.14. The van der Waals surface area contributed by atoms with E-state index in [9.17, 15) is 9.59 Å². The van der Waals surface area contributed by atoms with Gasteiger partial charge in [-0.2, -0.15) is 0 Å². The maximum Gasteiger partial charge on any atom is 0.237 e. The van der Waals surface area contributed by atoms with Crippen LogP contribution in [0.4, 0.5) is 5.69 Å². The van der Waals surface area contributed by atoms with Crippen molar-refractivity contribution in [1.29, 1.82) is 0 Å². The highest BCUT2D eigenvalue weighted by Crippen LogP contribution is 2.29. The van der Waals surface area contributed by atoms with Crippen LogP contribution < -0.4 is 25.4 Å². The van der Waals surface area contributed by atoms with Gasteiger partial charge in [-0.15, -0.1) is 0 Å². The quantitative estimate of drug-likeness (QED) is 0.750. The molecule has 3 atom stereocenters. The number of hydrogen-bond donors (Lipinski definition) is 3. The van der Waals surface area contributed by atoms with E-state index in [-0.39, 0.29) is 30.3 Å². The summed E-state index contributed by atoms with van der Waals surface area (Å²) in [6.07, 6.45) is 4.43. The Morgan fingerprint density at radius 2 is 1.96 bits per heavy atom. The van der Waals surface area contributed by atoms with E-state index in [4.69, 9.17) is 9.47 Å². The number of rotatable bonds is 5. The molecule has 25 heavy (non-hydrogen) atoms. The molecule has 1 heterocycles. The molecule has 1 saturated carbocycles. The summed E-state index contributed by atoms with van der Waals surface area (Å²) >= 11 is 0. The minimum atomic E-state index is -0.497. The second kappa shape index (κ2) is 7.74. The van der Waals surface area contributed by atoms with Crippen LogP contribution in [0.15, 0.2) is 18.2 Å². The number of methoxy groups -OCH3 is 2. The molecule has 0 aromatic heterocycles. The summed E-state index contributed by atoms with van der Waals surface area (Å²) in [5.41, 5.74) is 0.556. The summed E-state index contributed by atoms with van der Waals surface area (Å²) < 4.78 is 10.4. The number of carbonyl (C=O) groups excluding carboxylic acids is 2. The molecule has 7 heteroatoms. The molecule has 0 unspecified atom stereocenters. The number of fused-ring (bicyclic) bond motifs is 1. The van der Waals surface area contributed by atoms with Gasteiger partial charge in [0.25, 0.3) is 0 Å². The fraction of sp³-hybridized carbons (Fsp3) is 0.556. The molecule has 7 nitrogen and oxygen atoms in total. The van der Waals surface area contributed by atoms with Gasteiger partial charge in [0.2, 0.25) is 11.8 Å². The van der Waals surface area contributed by atoms with E-state index in [1.54, 1.807) is 25.3 Å². The van der Waals surface area contributed by atoms with Gasteiger partial charge in [0.1, 0.15) is 11.5 Å². The van der Waals surface area contributed by atoms with Gasteiger partial charge in [0.05, 0.1) is 32.4 Å². The van der Waals surface area contributed by atoms with Crippen LogP contribution in [0.3, 0.4) is 0 Å². The molecular formula is C18H25N3O4. The lowest BCUT2D eigenvalue weighted by atomic mass is 9.87. The highest BCUT2D eigenvalue weighted by atomic mass is 16.5. The standard InChI is InChI=1S/C18H25N3O4/c1-24-11-7-8-14(16(9-11)25-2)20-17(22)10-15-18(23)21-13-6-4-3-5-12(13)19-15/h7-9,12-13,15,19H,3-6,10H2,1-2H3,(H,20,22)(H,21,23)/t12-,13-,15-/m0/s1. The van der Waals surface area contributed by atoms with Gasteiger partial charge in [-0.3, -0.25) is 9.59 Å². The number of amides is 2. The van der Waals surface area contributed by atoms with Gasteiger partial charge in [-0.1, -0.05) is 12.8 Å². The Hall–Kier alpha value is -2.28. The van der Waals surface area contributed by atoms with Gasteiger partial charge in [0, 0.05) is 18.2 Å². The molecule has 2 amide bonds. The van der Waals surface area contributed by atoms with Crippen molar-refractivity contribution in [3.63, 3.8) is 0 Å². The summed E-state index contributed by atoms with van der Waals surface area (Å²) in [4.78, 5) is 24.6. The lowest BCUT2D eigenvalue weighted by Crippen LogP contribution is -2.65. The van der Waals surface area contributed by atoms with Crippen LogP contribution in [0.25, 0.3) is 0 Å². The first-order valence-corrected chi connectivity index (χ1v) is 8.69. The molecular weight excluding hydrogens is 322 g/mol. The van der Waals surface area contributed by atoms with E-state index >= 15 is 0 Å². The molecule has 0 radical (unpaired) electrons. The molecule has 1 aliphatic carbocycles. The Labute approximate surface area is 147 Å². The number of benzene rings is 1. The Morgan fingerprint density at radius 1 is 1.20 bits per heavy atom. The van der Waals surface area contributed by atoms with Crippen molar-refractivity contribution in [3.05, 3.63) is 18.2 Å². The monoisotopic (exact) mass is 347 g/mol. The van der Waals surface area contributed by atoms with Crippen LogP contribution in [0.1, 0.15) is 32.1 Å². The van der Waals surface area contributed by atoms with Crippen molar-refractivity contribution in [2.24, 2.45) is 0 Å². The van der Waals surface area contributed by atoms with Crippen LogP contribution in [0.5, 0.6) is 11.5 Å². The van der Waals surface area contributed by atoms with E-state index in [1.165, 1.54) is 7.11 Å². The first kappa shape index (κ1) is 17.5. The van der Waals surface area contributed by atoms with Crippen molar-refractivity contribution >= 4 is 17.5 Å². The largest absolute Gasteiger partial charge is 0.497 e. The van der Waals surface area contributed by atoms with Gasteiger partial charge < -0.3 is 25.4 Å². The molecule has 136 valence electrons. The number of piperazine rings is 1. The SMILES string of the molecule is COc1ccc(NC(=O)C[C@@H]2N[C@H]3CCCC[C@@H]3NC2=O)c(OC)c1. The van der Waals surface area contributed by atoms with Gasteiger partial charge >= 0.3 is 0 Å². The smallest absolute Gasteiger partial charge is 0.237 e. The summed E-state index contributed by atoms with van der Waals surface area (Å²) in [5.74, 6) is 0.831. The highest BCUT2D eigenvalue weighted by molar-refractivity contribution is 5.96. The Morgan fingerprint density at radius 3 is 2.68 bits per heavy atom. The van der Waals surface area contributed by atoms with Crippen LogP contribution in [0.2, 0.25) is 0 Å². The number of carbonyl (C=O) groups is 2. The van der Waals surface area contributed by atoms with Crippen molar-refractivity contribution in [2.45, 2.75) is 50.2 Å². The van der Waals surface area contributed by atoms with E-state index < -0.39 is 6.04 Å². The van der Waals surface area contributed by atoms with Crippen molar-refractivity contribution in [2.75, 3.05) is 19.5 Å². The number of anilines is 1. The van der Waals surface area contributed by atoms with Crippen molar-refractivity contribution in [1.82, 2.24) is 10.6 Å². The molecule has 2 fully saturated rings. The predicted molar refractivity (Wildman–Crippen MR) is 93.9 cm³/mol. The molecule has 3 N–H and O–H groups in total. The Kier molecular flexibility index (Phi) is 5.43. The highest BCUT2D eigenvalue weighted by Gasteiger charge is 2.37. The normalized spacial score (nSPS) is 25.5. The predicted octanol–water partition coefficient (Wildman–Crippen LogP) is 1.43. The average molecular weight is 347 g/mol. The van der Waals surface area contributed by atoms with E-state index in [0.29, 0.717) is 17.2 Å². The third-order valence-electron chi connectivity index (χ3n) is 4.90. The third kappa shape index (κ3) is 4.04. The van der Waals surface area contributed by atoms with Crippen molar-refractivity contribution in [3.8, 4) is 11.5 Å². The summed E-state index contributed by atoms with van der Waals surface area (Å²) in [7, 11) is 3.10. The maximum absolute atomic E-state index is 12.4. The van der Waals surface area contributed by atoms with Crippen LogP contribution in [0, 0.1) is 0 Å². The number of nitrogens with one attached hydrogen (secondary N) is 3.